The molecule has 0 aliphatic carbocycles. The number of para-hydroxylation sites is 1. The first-order valence-electron chi connectivity index (χ1n) is 11.5. The summed E-state index contributed by atoms with van der Waals surface area (Å²) >= 11 is 6.27. The molecule has 3 saturated heterocycles. The second-order valence-corrected chi connectivity index (χ2v) is 10.4. The van der Waals surface area contributed by atoms with E-state index in [4.69, 9.17) is 16.3 Å². The van der Waals surface area contributed by atoms with Crippen LogP contribution in [0.3, 0.4) is 0 Å². The molecular weight excluding hydrogens is 446 g/mol. The van der Waals surface area contributed by atoms with E-state index < -0.39 is 41.0 Å². The number of ether oxygens (including phenoxy) is 1. The van der Waals surface area contributed by atoms with Gasteiger partial charge in [0.15, 0.2) is 0 Å². The number of carbonyl (C=O) groups is 3. The molecular formula is C24H32ClN3O5. The third-order valence-electron chi connectivity index (χ3n) is 7.47. The first-order chi connectivity index (χ1) is 15.6. The van der Waals surface area contributed by atoms with Gasteiger partial charge in [-0.1, -0.05) is 37.6 Å². The van der Waals surface area contributed by atoms with Crippen LogP contribution in [-0.4, -0.2) is 64.7 Å². The Labute approximate surface area is 199 Å². The van der Waals surface area contributed by atoms with E-state index in [1.807, 2.05) is 20.8 Å². The number of benzene rings is 1. The van der Waals surface area contributed by atoms with Gasteiger partial charge in [-0.25, -0.2) is 0 Å². The maximum absolute atomic E-state index is 13.9. The molecule has 180 valence electrons. The molecule has 3 aliphatic rings. The lowest BCUT2D eigenvalue weighted by Crippen LogP contribution is -2.56. The Morgan fingerprint density at radius 2 is 1.97 bits per heavy atom. The average Bonchev–Trinajstić information content (AvgIpc) is 3.33. The maximum atomic E-state index is 13.9. The lowest BCUT2D eigenvalue weighted by atomic mass is 9.66. The van der Waals surface area contributed by atoms with Crippen LogP contribution in [0.25, 0.3) is 0 Å². The second kappa shape index (κ2) is 8.56. The first kappa shape index (κ1) is 24.0. The van der Waals surface area contributed by atoms with Gasteiger partial charge in [-0.3, -0.25) is 14.4 Å². The van der Waals surface area contributed by atoms with Crippen LogP contribution in [0.2, 0.25) is 5.02 Å². The smallest absolute Gasteiger partial charge is 0.250 e. The van der Waals surface area contributed by atoms with Gasteiger partial charge in [0.25, 0.3) is 0 Å². The number of nitrogens with one attached hydrogen (secondary N) is 2. The number of fused-ring (bicyclic) bond motifs is 1. The topological polar surface area (TPSA) is 108 Å². The van der Waals surface area contributed by atoms with Crippen LogP contribution in [0.4, 0.5) is 5.69 Å². The zero-order valence-electron chi connectivity index (χ0n) is 19.4. The number of aliphatic hydroxyl groups excluding tert-OH is 1. The Morgan fingerprint density at radius 1 is 1.27 bits per heavy atom. The summed E-state index contributed by atoms with van der Waals surface area (Å²) in [5.41, 5.74) is -1.54. The number of halogens is 1. The Morgan fingerprint density at radius 3 is 2.58 bits per heavy atom. The first-order valence-corrected chi connectivity index (χ1v) is 11.9. The molecule has 8 nitrogen and oxygen atoms in total. The van der Waals surface area contributed by atoms with Crippen LogP contribution in [0.1, 0.15) is 40.0 Å². The maximum Gasteiger partial charge on any atom is 0.250 e. The third-order valence-corrected chi connectivity index (χ3v) is 7.80. The van der Waals surface area contributed by atoms with E-state index in [1.54, 1.807) is 31.3 Å². The molecule has 9 heteroatoms. The average molecular weight is 478 g/mol. The van der Waals surface area contributed by atoms with Crippen molar-refractivity contribution in [3.63, 3.8) is 0 Å². The summed E-state index contributed by atoms with van der Waals surface area (Å²) in [5.74, 6) is -2.32. The molecule has 3 aliphatic heterocycles. The minimum atomic E-state index is -1.14. The van der Waals surface area contributed by atoms with Crippen molar-refractivity contribution in [3.05, 3.63) is 29.3 Å². The lowest BCUT2D eigenvalue weighted by molar-refractivity contribution is -0.148. The summed E-state index contributed by atoms with van der Waals surface area (Å²) in [6.45, 7) is 5.55. The molecule has 3 fully saturated rings. The van der Waals surface area contributed by atoms with Crippen LogP contribution in [-0.2, 0) is 19.1 Å². The van der Waals surface area contributed by atoms with Crippen molar-refractivity contribution in [1.29, 1.82) is 0 Å². The van der Waals surface area contributed by atoms with Gasteiger partial charge >= 0.3 is 0 Å². The second-order valence-electron chi connectivity index (χ2n) is 10.0. The summed E-state index contributed by atoms with van der Waals surface area (Å²) in [4.78, 5) is 42.1. The normalized spacial score (nSPS) is 33.4. The molecule has 0 saturated carbocycles. The molecule has 1 aromatic rings. The molecule has 2 unspecified atom stereocenters. The van der Waals surface area contributed by atoms with Crippen molar-refractivity contribution < 1.29 is 24.2 Å². The number of likely N-dealkylation sites (tertiary alicyclic amines) is 1. The van der Waals surface area contributed by atoms with E-state index >= 15 is 0 Å². The molecule has 6 atom stereocenters. The van der Waals surface area contributed by atoms with E-state index in [2.05, 4.69) is 10.6 Å². The van der Waals surface area contributed by atoms with Crippen molar-refractivity contribution >= 4 is 35.0 Å². The Kier molecular flexibility index (Phi) is 6.22. The molecule has 2 bridgehead atoms. The van der Waals surface area contributed by atoms with Crippen LogP contribution in [0.5, 0.6) is 0 Å². The highest BCUT2D eigenvalue weighted by Crippen LogP contribution is 2.63. The number of aliphatic hydroxyl groups is 1. The summed E-state index contributed by atoms with van der Waals surface area (Å²) in [5, 5.41) is 16.1. The fourth-order valence-corrected chi connectivity index (χ4v) is 6.38. The van der Waals surface area contributed by atoms with Crippen LogP contribution >= 0.6 is 11.6 Å². The van der Waals surface area contributed by atoms with Gasteiger partial charge in [-0.15, -0.1) is 0 Å². The zero-order valence-corrected chi connectivity index (χ0v) is 20.2. The van der Waals surface area contributed by atoms with Gasteiger partial charge in [-0.05, 0) is 44.2 Å². The molecule has 1 aromatic carbocycles. The Hall–Kier alpha value is -2.16. The molecule has 3 heterocycles. The van der Waals surface area contributed by atoms with E-state index in [1.165, 1.54) is 4.90 Å². The summed E-state index contributed by atoms with van der Waals surface area (Å²) in [6, 6.07) is 5.33. The van der Waals surface area contributed by atoms with Crippen molar-refractivity contribution in [2.24, 2.45) is 17.8 Å². The number of anilines is 1. The van der Waals surface area contributed by atoms with E-state index in [-0.39, 0.29) is 24.3 Å². The summed E-state index contributed by atoms with van der Waals surface area (Å²) < 4.78 is 6.51. The number of hydrogen-bond donors (Lipinski definition) is 3. The van der Waals surface area contributed by atoms with E-state index in [9.17, 15) is 19.5 Å². The van der Waals surface area contributed by atoms with E-state index in [0.29, 0.717) is 30.0 Å². The Bertz CT molecular complexity index is 971. The predicted octanol–water partition coefficient (Wildman–Crippen LogP) is 2.20. The van der Waals surface area contributed by atoms with Crippen molar-refractivity contribution in [2.75, 3.05) is 19.0 Å². The van der Waals surface area contributed by atoms with Crippen LogP contribution in [0, 0.1) is 17.8 Å². The largest absolute Gasteiger partial charge is 0.394 e. The van der Waals surface area contributed by atoms with Crippen molar-refractivity contribution in [1.82, 2.24) is 10.2 Å². The van der Waals surface area contributed by atoms with Gasteiger partial charge in [0.1, 0.15) is 11.6 Å². The molecule has 3 amide bonds. The fourth-order valence-electron chi connectivity index (χ4n) is 6.20. The minimum absolute atomic E-state index is 0.185. The summed E-state index contributed by atoms with van der Waals surface area (Å²) in [6.07, 6.45) is 1.56. The molecule has 3 N–H and O–H groups in total. The zero-order chi connectivity index (χ0) is 24.1. The number of carbonyl (C=O) groups excluding carboxylic acids is 3. The predicted molar refractivity (Wildman–Crippen MR) is 124 cm³/mol. The van der Waals surface area contributed by atoms with Gasteiger partial charge in [0.05, 0.1) is 40.8 Å². The molecule has 0 aromatic heterocycles. The lowest BCUT2D eigenvalue weighted by Gasteiger charge is -2.37. The highest BCUT2D eigenvalue weighted by Gasteiger charge is 2.78. The van der Waals surface area contributed by atoms with Gasteiger partial charge in [0, 0.05) is 7.05 Å². The van der Waals surface area contributed by atoms with Crippen molar-refractivity contribution in [2.45, 2.75) is 63.3 Å². The quantitative estimate of drug-likeness (QED) is 0.558. The van der Waals surface area contributed by atoms with Crippen molar-refractivity contribution in [3.8, 4) is 0 Å². The van der Waals surface area contributed by atoms with Gasteiger partial charge in [0.2, 0.25) is 17.7 Å². The van der Waals surface area contributed by atoms with E-state index in [0.717, 1.165) is 0 Å². The number of amides is 3. The SMILES string of the molecule is CNC(=O)[C@@H]1[C@H]2C(=O)N([C@@H](CO)CC(C)C)C(C(=O)Nc3ccccc3Cl)C23CC[C@@]1(C)O3. The monoisotopic (exact) mass is 477 g/mol. The highest BCUT2D eigenvalue weighted by molar-refractivity contribution is 6.33. The molecule has 1 spiro atoms. The Balaban J connectivity index is 1.80. The van der Waals surface area contributed by atoms with Crippen LogP contribution < -0.4 is 10.6 Å². The number of nitrogens with zero attached hydrogens (tertiary/aromatic N) is 1. The van der Waals surface area contributed by atoms with Crippen LogP contribution in [0.15, 0.2) is 24.3 Å². The van der Waals surface area contributed by atoms with Gasteiger partial charge in [-0.2, -0.15) is 0 Å². The fraction of sp³-hybridized carbons (Fsp3) is 0.625. The molecule has 33 heavy (non-hydrogen) atoms. The molecule has 0 radical (unpaired) electrons. The third kappa shape index (κ3) is 3.63. The standard InChI is InChI=1S/C24H32ClN3O5/c1-13(2)11-14(12-29)28-19(21(31)27-16-8-6-5-7-15(16)25)24-10-9-23(3,33-24)17(20(30)26-4)18(24)22(28)32/h5-8,13-14,17-19,29H,9-12H2,1-4H3,(H,26,30)(H,27,31)/t14-,17+,18+,19?,23-,24?/m1/s1. The minimum Gasteiger partial charge on any atom is -0.394 e. The number of hydrogen-bond acceptors (Lipinski definition) is 5. The molecule has 4 rings (SSSR count). The highest BCUT2D eigenvalue weighted by atomic mass is 35.5. The summed E-state index contributed by atoms with van der Waals surface area (Å²) in [7, 11) is 1.54. The number of rotatable bonds is 7. The van der Waals surface area contributed by atoms with Gasteiger partial charge < -0.3 is 25.4 Å².